The maximum absolute atomic E-state index is 13.5. The van der Waals surface area contributed by atoms with E-state index in [1.54, 1.807) is 12.1 Å². The molecule has 0 atom stereocenters. The maximum atomic E-state index is 13.5. The number of nitrogens with zero attached hydrogens (tertiary/aromatic N) is 2. The molecule has 1 N–H and O–H groups in total. The van der Waals surface area contributed by atoms with E-state index in [1.807, 2.05) is 67.6 Å². The van der Waals surface area contributed by atoms with Crippen molar-refractivity contribution in [1.82, 2.24) is 9.78 Å². The van der Waals surface area contributed by atoms with Gasteiger partial charge in [-0.05, 0) is 30.7 Å². The lowest BCUT2D eigenvalue weighted by Gasteiger charge is -2.17. The Morgan fingerprint density at radius 3 is 2.16 bits per heavy atom. The van der Waals surface area contributed by atoms with Crippen molar-refractivity contribution in [2.75, 3.05) is 5.32 Å². The summed E-state index contributed by atoms with van der Waals surface area (Å²) in [4.78, 5) is 26.8. The van der Waals surface area contributed by atoms with Crippen molar-refractivity contribution in [3.63, 3.8) is 0 Å². The van der Waals surface area contributed by atoms with Crippen molar-refractivity contribution in [3.05, 3.63) is 105 Å². The third-order valence-electron chi connectivity index (χ3n) is 4.97. The van der Waals surface area contributed by atoms with Crippen LogP contribution >= 0.6 is 23.2 Å². The Balaban J connectivity index is 1.98. The largest absolute Gasteiger partial charge is 0.320 e. The van der Waals surface area contributed by atoms with E-state index < -0.39 is 11.5 Å². The molecule has 0 bridgehead atoms. The average molecular weight is 464 g/mol. The third-order valence-corrected chi connectivity index (χ3v) is 5.52. The molecule has 1 aromatic heterocycles. The lowest BCUT2D eigenvalue weighted by atomic mass is 9.95. The number of aryl methyl sites for hydroxylation is 1. The number of rotatable bonds is 5. The van der Waals surface area contributed by atoms with Crippen LogP contribution < -0.4 is 10.9 Å². The number of hydrogen-bond acceptors (Lipinski definition) is 3. The fourth-order valence-electron chi connectivity index (χ4n) is 3.46. The highest BCUT2D eigenvalue weighted by atomic mass is 35.5. The Bertz CT molecular complexity index is 1340. The van der Waals surface area contributed by atoms with E-state index in [0.717, 1.165) is 5.56 Å². The highest BCUT2D eigenvalue weighted by Crippen LogP contribution is 2.33. The number of carbonyl (C=O) groups is 1. The fourth-order valence-corrected chi connectivity index (χ4v) is 3.91. The summed E-state index contributed by atoms with van der Waals surface area (Å²) in [5, 5.41) is 8.09. The second-order valence-corrected chi connectivity index (χ2v) is 7.87. The molecule has 0 saturated heterocycles. The van der Waals surface area contributed by atoms with Crippen LogP contribution in [0.1, 0.15) is 17.3 Å². The van der Waals surface area contributed by atoms with Gasteiger partial charge in [-0.3, -0.25) is 9.59 Å². The molecule has 0 aliphatic carbocycles. The van der Waals surface area contributed by atoms with E-state index in [0.29, 0.717) is 34.1 Å². The number of anilines is 1. The first-order valence-electron chi connectivity index (χ1n) is 10.0. The predicted molar refractivity (Wildman–Crippen MR) is 129 cm³/mol. The summed E-state index contributed by atoms with van der Waals surface area (Å²) in [6.45, 7) is 2.12. The van der Waals surface area contributed by atoms with Gasteiger partial charge in [0, 0.05) is 22.7 Å². The number of carbonyl (C=O) groups excluding carboxylic acids is 1. The van der Waals surface area contributed by atoms with Crippen LogP contribution in [0.4, 0.5) is 5.69 Å². The van der Waals surface area contributed by atoms with Crippen LogP contribution in [-0.2, 0) is 6.54 Å². The molecule has 1 amide bonds. The second-order valence-electron chi connectivity index (χ2n) is 7.03. The molecule has 5 nitrogen and oxygen atoms in total. The Labute approximate surface area is 195 Å². The smallest absolute Gasteiger partial charge is 0.280 e. The van der Waals surface area contributed by atoms with Gasteiger partial charge in [-0.25, -0.2) is 4.68 Å². The Morgan fingerprint density at radius 1 is 0.938 bits per heavy atom. The minimum absolute atomic E-state index is 0.00193. The molecule has 4 rings (SSSR count). The number of hydrogen-bond donors (Lipinski definition) is 1. The van der Waals surface area contributed by atoms with Crippen molar-refractivity contribution >= 4 is 34.8 Å². The molecule has 0 saturated carbocycles. The van der Waals surface area contributed by atoms with E-state index in [9.17, 15) is 9.59 Å². The van der Waals surface area contributed by atoms with Crippen LogP contribution in [0.3, 0.4) is 0 Å². The molecule has 1 heterocycles. The van der Waals surface area contributed by atoms with Crippen LogP contribution in [-0.4, -0.2) is 15.7 Å². The molecule has 0 fully saturated rings. The molecule has 0 unspecified atom stereocenters. The van der Waals surface area contributed by atoms with Crippen molar-refractivity contribution in [2.24, 2.45) is 0 Å². The fraction of sp³-hybridized carbons (Fsp3) is 0.0800. The SMILES string of the molecule is CCn1nc(-c2ccccc2)c(-c2ccccc2)c(C(=O)Nc2ccc(Cl)cc2Cl)c1=O. The third kappa shape index (κ3) is 4.31. The normalized spacial score (nSPS) is 10.7. The molecule has 4 aromatic rings. The molecule has 7 heteroatoms. The van der Waals surface area contributed by atoms with E-state index in [2.05, 4.69) is 10.4 Å². The van der Waals surface area contributed by atoms with Gasteiger partial charge >= 0.3 is 0 Å². The van der Waals surface area contributed by atoms with Gasteiger partial charge in [0.1, 0.15) is 5.56 Å². The minimum atomic E-state index is -0.570. The van der Waals surface area contributed by atoms with Gasteiger partial charge in [-0.2, -0.15) is 5.10 Å². The first kappa shape index (κ1) is 21.8. The van der Waals surface area contributed by atoms with Gasteiger partial charge in [0.25, 0.3) is 11.5 Å². The molecule has 0 spiro atoms. The highest BCUT2D eigenvalue weighted by molar-refractivity contribution is 6.36. The van der Waals surface area contributed by atoms with Gasteiger partial charge < -0.3 is 5.32 Å². The molecule has 160 valence electrons. The van der Waals surface area contributed by atoms with Gasteiger partial charge in [0.15, 0.2) is 0 Å². The van der Waals surface area contributed by atoms with E-state index >= 15 is 0 Å². The van der Waals surface area contributed by atoms with E-state index in [1.165, 1.54) is 10.7 Å². The van der Waals surface area contributed by atoms with Gasteiger partial charge in [0.2, 0.25) is 0 Å². The topological polar surface area (TPSA) is 64.0 Å². The van der Waals surface area contributed by atoms with Crippen LogP contribution in [0.25, 0.3) is 22.4 Å². The molecule has 0 aliphatic heterocycles. The summed E-state index contributed by atoms with van der Waals surface area (Å²) < 4.78 is 1.30. The van der Waals surface area contributed by atoms with Gasteiger partial charge in [-0.15, -0.1) is 0 Å². The quantitative estimate of drug-likeness (QED) is 0.385. The van der Waals surface area contributed by atoms with Crippen LogP contribution in [0.15, 0.2) is 83.7 Å². The maximum Gasteiger partial charge on any atom is 0.280 e. The first-order valence-corrected chi connectivity index (χ1v) is 10.8. The average Bonchev–Trinajstić information content (AvgIpc) is 2.81. The van der Waals surface area contributed by atoms with E-state index in [-0.39, 0.29) is 10.6 Å². The highest BCUT2D eigenvalue weighted by Gasteiger charge is 2.25. The number of benzene rings is 3. The summed E-state index contributed by atoms with van der Waals surface area (Å²) in [6.07, 6.45) is 0. The standard InChI is InChI=1S/C25H19Cl2N3O2/c1-2-30-25(32)22(24(31)28-20-14-13-18(26)15-19(20)27)21(16-9-5-3-6-10-16)23(29-30)17-11-7-4-8-12-17/h3-15H,2H2,1H3,(H,28,31). The summed E-state index contributed by atoms with van der Waals surface area (Å²) in [7, 11) is 0. The second kappa shape index (κ2) is 9.39. The van der Waals surface area contributed by atoms with Crippen LogP contribution in [0.5, 0.6) is 0 Å². The minimum Gasteiger partial charge on any atom is -0.320 e. The summed E-state index contributed by atoms with van der Waals surface area (Å²) in [5.41, 5.74) is 2.41. The number of nitrogens with one attached hydrogen (secondary N) is 1. The zero-order chi connectivity index (χ0) is 22.7. The molecular formula is C25H19Cl2N3O2. The van der Waals surface area contributed by atoms with Crippen molar-refractivity contribution in [2.45, 2.75) is 13.5 Å². The number of aromatic nitrogens is 2. The van der Waals surface area contributed by atoms with E-state index in [4.69, 9.17) is 23.2 Å². The van der Waals surface area contributed by atoms with Crippen LogP contribution in [0, 0.1) is 0 Å². The van der Waals surface area contributed by atoms with Crippen LogP contribution in [0.2, 0.25) is 10.0 Å². The Kier molecular flexibility index (Phi) is 6.40. The number of halogens is 2. The summed E-state index contributed by atoms with van der Waals surface area (Å²) in [6, 6.07) is 23.5. The molecule has 3 aromatic carbocycles. The summed E-state index contributed by atoms with van der Waals surface area (Å²) >= 11 is 12.2. The van der Waals surface area contributed by atoms with Gasteiger partial charge in [-0.1, -0.05) is 83.9 Å². The van der Waals surface area contributed by atoms with Gasteiger partial charge in [0.05, 0.1) is 16.4 Å². The molecule has 32 heavy (non-hydrogen) atoms. The molecule has 0 radical (unpaired) electrons. The predicted octanol–water partition coefficient (Wildman–Crippen LogP) is 6.16. The lowest BCUT2D eigenvalue weighted by Crippen LogP contribution is -2.32. The first-order chi connectivity index (χ1) is 15.5. The Morgan fingerprint density at radius 2 is 1.56 bits per heavy atom. The molecular weight excluding hydrogens is 445 g/mol. The van der Waals surface area contributed by atoms with Crippen molar-refractivity contribution in [3.8, 4) is 22.4 Å². The van der Waals surface area contributed by atoms with Crippen molar-refractivity contribution in [1.29, 1.82) is 0 Å². The zero-order valence-corrected chi connectivity index (χ0v) is 18.7. The Hall–Kier alpha value is -3.41. The number of amides is 1. The zero-order valence-electron chi connectivity index (χ0n) is 17.2. The molecule has 0 aliphatic rings. The lowest BCUT2D eigenvalue weighted by molar-refractivity contribution is 0.102. The monoisotopic (exact) mass is 463 g/mol. The van der Waals surface area contributed by atoms with Crippen molar-refractivity contribution < 1.29 is 4.79 Å². The summed E-state index contributed by atoms with van der Waals surface area (Å²) in [5.74, 6) is -0.570.